The van der Waals surface area contributed by atoms with Crippen LogP contribution in [0, 0.1) is 0 Å². The fraction of sp³-hybridized carbons (Fsp3) is 0.269. The monoisotopic (exact) mass is 457 g/mol. The average Bonchev–Trinajstić information content (AvgIpc) is 3.57. The Bertz CT molecular complexity index is 1350. The average molecular weight is 457 g/mol. The van der Waals surface area contributed by atoms with Crippen LogP contribution in [0.25, 0.3) is 22.2 Å². The van der Waals surface area contributed by atoms with Gasteiger partial charge in [0.25, 0.3) is 5.91 Å². The van der Waals surface area contributed by atoms with Gasteiger partial charge in [0.05, 0.1) is 5.92 Å². The van der Waals surface area contributed by atoms with Crippen molar-refractivity contribution < 1.29 is 23.4 Å². The van der Waals surface area contributed by atoms with Crippen molar-refractivity contribution in [3.8, 4) is 28.7 Å². The van der Waals surface area contributed by atoms with Crippen molar-refractivity contribution in [2.75, 3.05) is 26.5 Å². The van der Waals surface area contributed by atoms with Crippen LogP contribution in [0.1, 0.15) is 24.7 Å². The Labute approximate surface area is 196 Å². The predicted molar refractivity (Wildman–Crippen MR) is 124 cm³/mol. The highest BCUT2D eigenvalue weighted by molar-refractivity contribution is 5.84. The topological polar surface area (TPSA) is 86.9 Å². The second kappa shape index (κ2) is 8.70. The molecule has 6 rings (SSSR count). The van der Waals surface area contributed by atoms with E-state index in [2.05, 4.69) is 10.2 Å². The normalized spacial score (nSPS) is 17.2. The Morgan fingerprint density at radius 2 is 1.88 bits per heavy atom. The number of piperidine rings is 1. The second-order valence-corrected chi connectivity index (χ2v) is 8.49. The van der Waals surface area contributed by atoms with Crippen molar-refractivity contribution in [1.29, 1.82) is 0 Å². The van der Waals surface area contributed by atoms with Crippen LogP contribution >= 0.6 is 0 Å². The van der Waals surface area contributed by atoms with Gasteiger partial charge in [-0.3, -0.25) is 4.79 Å². The molecule has 3 heterocycles. The quantitative estimate of drug-likeness (QED) is 0.439. The van der Waals surface area contributed by atoms with E-state index < -0.39 is 0 Å². The van der Waals surface area contributed by atoms with Crippen LogP contribution in [0.3, 0.4) is 0 Å². The first-order valence-electron chi connectivity index (χ1n) is 11.4. The zero-order chi connectivity index (χ0) is 22.9. The van der Waals surface area contributed by atoms with Gasteiger partial charge in [0.15, 0.2) is 18.1 Å². The maximum Gasteiger partial charge on any atom is 0.260 e. The van der Waals surface area contributed by atoms with E-state index in [1.165, 1.54) is 0 Å². The molecular weight excluding hydrogens is 434 g/mol. The van der Waals surface area contributed by atoms with Crippen LogP contribution in [0.5, 0.6) is 17.2 Å². The molecule has 0 aliphatic carbocycles. The molecule has 2 aliphatic rings. The summed E-state index contributed by atoms with van der Waals surface area (Å²) in [5.74, 6) is 2.97. The first-order chi connectivity index (χ1) is 16.7. The molecule has 0 radical (unpaired) electrons. The summed E-state index contributed by atoms with van der Waals surface area (Å²) in [6.45, 7) is 1.43. The van der Waals surface area contributed by atoms with E-state index in [0.717, 1.165) is 29.2 Å². The molecule has 34 heavy (non-hydrogen) atoms. The van der Waals surface area contributed by atoms with Gasteiger partial charge >= 0.3 is 0 Å². The third-order valence-corrected chi connectivity index (χ3v) is 6.27. The minimum atomic E-state index is -0.0478. The van der Waals surface area contributed by atoms with Gasteiger partial charge in [-0.15, -0.1) is 10.2 Å². The maximum absolute atomic E-state index is 12.9. The number of amides is 1. The van der Waals surface area contributed by atoms with E-state index in [0.29, 0.717) is 42.1 Å². The minimum Gasteiger partial charge on any atom is -0.484 e. The second-order valence-electron chi connectivity index (χ2n) is 8.49. The first-order valence-corrected chi connectivity index (χ1v) is 11.4. The van der Waals surface area contributed by atoms with E-state index in [9.17, 15) is 4.79 Å². The van der Waals surface area contributed by atoms with Crippen molar-refractivity contribution in [3.63, 3.8) is 0 Å². The van der Waals surface area contributed by atoms with Gasteiger partial charge < -0.3 is 23.5 Å². The Morgan fingerprint density at radius 1 is 1.00 bits per heavy atom. The van der Waals surface area contributed by atoms with Gasteiger partial charge in [0.2, 0.25) is 18.6 Å². The molecule has 0 N–H and O–H groups in total. The molecule has 1 atom stereocenters. The number of carbonyl (C=O) groups is 1. The van der Waals surface area contributed by atoms with Gasteiger partial charge in [-0.1, -0.05) is 30.3 Å². The summed E-state index contributed by atoms with van der Waals surface area (Å²) in [5.41, 5.74) is 0.774. The summed E-state index contributed by atoms with van der Waals surface area (Å²) in [7, 11) is 0. The molecule has 3 aromatic carbocycles. The predicted octanol–water partition coefficient (Wildman–Crippen LogP) is 4.40. The van der Waals surface area contributed by atoms with Gasteiger partial charge in [-0.25, -0.2) is 0 Å². The molecule has 0 bridgehead atoms. The third-order valence-electron chi connectivity index (χ3n) is 6.27. The number of nitrogens with zero attached hydrogens (tertiary/aromatic N) is 3. The molecular formula is C26H23N3O5. The summed E-state index contributed by atoms with van der Waals surface area (Å²) in [4.78, 5) is 14.7. The lowest BCUT2D eigenvalue weighted by Gasteiger charge is -2.31. The number of rotatable bonds is 5. The molecule has 4 aromatic rings. The van der Waals surface area contributed by atoms with Crippen LogP contribution in [-0.4, -0.2) is 47.5 Å². The number of hydrogen-bond donors (Lipinski definition) is 0. The lowest BCUT2D eigenvalue weighted by atomic mass is 9.98. The van der Waals surface area contributed by atoms with Crippen molar-refractivity contribution in [3.05, 3.63) is 66.6 Å². The van der Waals surface area contributed by atoms with Crippen LogP contribution < -0.4 is 14.2 Å². The molecule has 0 saturated carbocycles. The third kappa shape index (κ3) is 4.03. The molecule has 1 fully saturated rings. The number of fused-ring (bicyclic) bond motifs is 2. The highest BCUT2D eigenvalue weighted by atomic mass is 16.7. The largest absolute Gasteiger partial charge is 0.484 e. The summed E-state index contributed by atoms with van der Waals surface area (Å²) >= 11 is 0. The zero-order valence-electron chi connectivity index (χ0n) is 18.5. The smallest absolute Gasteiger partial charge is 0.260 e. The molecule has 8 heteroatoms. The Kier molecular flexibility index (Phi) is 5.25. The van der Waals surface area contributed by atoms with Gasteiger partial charge in [-0.05, 0) is 53.9 Å². The number of ether oxygens (including phenoxy) is 3. The van der Waals surface area contributed by atoms with E-state index >= 15 is 0 Å². The van der Waals surface area contributed by atoms with Gasteiger partial charge in [0.1, 0.15) is 5.75 Å². The molecule has 1 unspecified atom stereocenters. The van der Waals surface area contributed by atoms with Crippen molar-refractivity contribution in [2.24, 2.45) is 0 Å². The van der Waals surface area contributed by atoms with Crippen LogP contribution in [0.4, 0.5) is 0 Å². The first kappa shape index (κ1) is 20.5. The Balaban J connectivity index is 1.10. The summed E-state index contributed by atoms with van der Waals surface area (Å²) in [6, 6.07) is 19.4. The van der Waals surface area contributed by atoms with Gasteiger partial charge in [0, 0.05) is 18.7 Å². The maximum atomic E-state index is 12.9. The number of aromatic nitrogens is 2. The highest BCUT2D eigenvalue weighted by Crippen LogP contribution is 2.36. The molecule has 1 amide bonds. The van der Waals surface area contributed by atoms with Gasteiger partial charge in [-0.2, -0.15) is 0 Å². The fourth-order valence-electron chi connectivity index (χ4n) is 4.44. The van der Waals surface area contributed by atoms with E-state index in [1.54, 1.807) is 0 Å². The van der Waals surface area contributed by atoms with Crippen molar-refractivity contribution in [1.82, 2.24) is 15.1 Å². The molecule has 172 valence electrons. The van der Waals surface area contributed by atoms with E-state index in [1.807, 2.05) is 65.6 Å². The van der Waals surface area contributed by atoms with E-state index in [-0.39, 0.29) is 25.2 Å². The van der Waals surface area contributed by atoms with Crippen molar-refractivity contribution >= 4 is 16.7 Å². The molecule has 1 saturated heterocycles. The number of benzene rings is 3. The standard InChI is InChI=1S/C26H23N3O5/c30-24(15-31-21-9-7-17-4-1-2-5-18(17)12-21)29-11-3-6-20(14-29)26-28-27-25(34-26)19-8-10-22-23(13-19)33-16-32-22/h1-2,4-5,7-10,12-13,20H,3,6,11,14-16H2. The van der Waals surface area contributed by atoms with Crippen LogP contribution in [-0.2, 0) is 4.79 Å². The summed E-state index contributed by atoms with van der Waals surface area (Å²) in [5, 5.41) is 10.7. The summed E-state index contributed by atoms with van der Waals surface area (Å²) in [6.07, 6.45) is 1.76. The minimum absolute atomic E-state index is 0.00264. The SMILES string of the molecule is O=C(COc1ccc2ccccc2c1)N1CCCC(c2nnc(-c3ccc4c(c3)OCO4)o2)C1. The van der Waals surface area contributed by atoms with Crippen LogP contribution in [0.2, 0.25) is 0 Å². The lowest BCUT2D eigenvalue weighted by Crippen LogP contribution is -2.41. The number of hydrogen-bond acceptors (Lipinski definition) is 7. The number of carbonyl (C=O) groups excluding carboxylic acids is 1. The van der Waals surface area contributed by atoms with Crippen molar-refractivity contribution in [2.45, 2.75) is 18.8 Å². The van der Waals surface area contributed by atoms with E-state index in [4.69, 9.17) is 18.6 Å². The highest BCUT2D eigenvalue weighted by Gasteiger charge is 2.29. The fourth-order valence-corrected chi connectivity index (χ4v) is 4.44. The lowest BCUT2D eigenvalue weighted by molar-refractivity contribution is -0.134. The Hall–Kier alpha value is -4.07. The molecule has 8 nitrogen and oxygen atoms in total. The summed E-state index contributed by atoms with van der Waals surface area (Å²) < 4.78 is 22.6. The van der Waals surface area contributed by atoms with Crippen LogP contribution in [0.15, 0.2) is 65.1 Å². The molecule has 0 spiro atoms. The number of likely N-dealkylation sites (tertiary alicyclic amines) is 1. The molecule has 1 aromatic heterocycles. The zero-order valence-corrected chi connectivity index (χ0v) is 18.5. The Morgan fingerprint density at radius 3 is 2.82 bits per heavy atom. The molecule has 2 aliphatic heterocycles.